The Bertz CT molecular complexity index is 538. The fraction of sp³-hybridized carbons (Fsp3) is 0.286. The first-order chi connectivity index (χ1) is 8.70. The van der Waals surface area contributed by atoms with Gasteiger partial charge in [-0.05, 0) is 17.5 Å². The van der Waals surface area contributed by atoms with Crippen molar-refractivity contribution in [3.8, 4) is 0 Å². The lowest BCUT2D eigenvalue weighted by molar-refractivity contribution is -0.119. The van der Waals surface area contributed by atoms with Gasteiger partial charge in [0.2, 0.25) is 0 Å². The molecule has 18 heavy (non-hydrogen) atoms. The Kier molecular flexibility index (Phi) is 4.23. The van der Waals surface area contributed by atoms with E-state index in [-0.39, 0.29) is 18.0 Å². The van der Waals surface area contributed by atoms with Crippen LogP contribution in [0.25, 0.3) is 10.1 Å². The van der Waals surface area contributed by atoms with Crippen LogP contribution in [0.1, 0.15) is 22.5 Å². The second-order valence-electron chi connectivity index (χ2n) is 4.03. The van der Waals surface area contributed by atoms with Crippen LogP contribution in [0.4, 0.5) is 0 Å². The monoisotopic (exact) mass is 262 g/mol. The van der Waals surface area contributed by atoms with Crippen molar-refractivity contribution in [3.63, 3.8) is 0 Å². The third-order valence-corrected chi connectivity index (χ3v) is 3.80. The third kappa shape index (κ3) is 3.03. The molecule has 1 heterocycles. The zero-order chi connectivity index (χ0) is 13.0. The molecule has 0 amide bonds. The molecule has 0 unspecified atom stereocenters. The molecule has 0 aliphatic rings. The number of thiophene rings is 1. The lowest BCUT2D eigenvalue weighted by atomic mass is 10.1. The van der Waals surface area contributed by atoms with E-state index in [2.05, 4.69) is 0 Å². The fourth-order valence-electron chi connectivity index (χ4n) is 1.69. The van der Waals surface area contributed by atoms with Crippen molar-refractivity contribution >= 4 is 33.0 Å². The predicted octanol–water partition coefficient (Wildman–Crippen LogP) is 3.08. The van der Waals surface area contributed by atoms with Crippen molar-refractivity contribution in [1.29, 1.82) is 0 Å². The van der Waals surface area contributed by atoms with E-state index in [0.29, 0.717) is 17.9 Å². The van der Waals surface area contributed by atoms with Crippen molar-refractivity contribution in [3.05, 3.63) is 35.2 Å². The van der Waals surface area contributed by atoms with Crippen LogP contribution in [0.3, 0.4) is 0 Å². The molecule has 0 spiro atoms. The first kappa shape index (κ1) is 12.9. The number of hydrogen-bond donors (Lipinski definition) is 0. The highest BCUT2D eigenvalue weighted by atomic mass is 32.1. The molecule has 3 nitrogen and oxygen atoms in total. The molecule has 0 radical (unpaired) electrons. The number of carbonyl (C=O) groups excluding carboxylic acids is 2. The summed E-state index contributed by atoms with van der Waals surface area (Å²) in [6.07, 6.45) is 0.267. The number of benzene rings is 1. The molecule has 0 saturated heterocycles. The van der Waals surface area contributed by atoms with E-state index in [1.807, 2.05) is 30.3 Å². The number of ketones is 2. The summed E-state index contributed by atoms with van der Waals surface area (Å²) in [7, 11) is 1.54. The van der Waals surface area contributed by atoms with Gasteiger partial charge in [0.25, 0.3) is 0 Å². The van der Waals surface area contributed by atoms with Crippen LogP contribution in [-0.4, -0.2) is 25.3 Å². The zero-order valence-electron chi connectivity index (χ0n) is 10.1. The minimum Gasteiger partial charge on any atom is -0.384 e. The molecule has 1 aromatic heterocycles. The molecule has 0 saturated carbocycles. The molecular formula is C14H14O3S. The van der Waals surface area contributed by atoms with E-state index < -0.39 is 0 Å². The lowest BCUT2D eigenvalue weighted by Gasteiger charge is -1.98. The third-order valence-electron chi connectivity index (χ3n) is 2.64. The van der Waals surface area contributed by atoms with E-state index in [9.17, 15) is 9.59 Å². The van der Waals surface area contributed by atoms with Gasteiger partial charge in [0.15, 0.2) is 5.78 Å². The molecule has 94 valence electrons. The van der Waals surface area contributed by atoms with E-state index in [4.69, 9.17) is 4.74 Å². The number of methoxy groups -OCH3 is 1. The Labute approximate surface area is 109 Å². The minimum absolute atomic E-state index is 0.0316. The van der Waals surface area contributed by atoms with Gasteiger partial charge >= 0.3 is 0 Å². The molecular weight excluding hydrogens is 248 g/mol. The molecule has 0 aliphatic carbocycles. The molecule has 0 N–H and O–H groups in total. The van der Waals surface area contributed by atoms with Crippen LogP contribution in [0.5, 0.6) is 0 Å². The Morgan fingerprint density at radius 1 is 1.28 bits per heavy atom. The quantitative estimate of drug-likeness (QED) is 0.593. The van der Waals surface area contributed by atoms with Gasteiger partial charge in [-0.15, -0.1) is 11.3 Å². The second-order valence-corrected chi connectivity index (χ2v) is 5.11. The number of Topliss-reactive ketones (excluding diaryl/α,β-unsaturated/α-hetero) is 2. The van der Waals surface area contributed by atoms with Crippen LogP contribution < -0.4 is 0 Å². The first-order valence-electron chi connectivity index (χ1n) is 5.73. The molecule has 1 aromatic carbocycles. The standard InChI is InChI=1S/C14H14O3S/c1-17-7-6-11(15)9-12(16)14-8-10-4-2-3-5-13(10)18-14/h2-5,8H,6-7,9H2,1H3. The van der Waals surface area contributed by atoms with Gasteiger partial charge in [-0.25, -0.2) is 0 Å². The number of hydrogen-bond acceptors (Lipinski definition) is 4. The average molecular weight is 262 g/mol. The van der Waals surface area contributed by atoms with Crippen LogP contribution in [0, 0.1) is 0 Å². The summed E-state index contributed by atoms with van der Waals surface area (Å²) in [5.74, 6) is -0.170. The molecule has 2 rings (SSSR count). The average Bonchev–Trinajstić information content (AvgIpc) is 2.80. The summed E-state index contributed by atoms with van der Waals surface area (Å²) in [6, 6.07) is 9.68. The molecule has 0 atom stereocenters. The van der Waals surface area contributed by atoms with Gasteiger partial charge in [-0.2, -0.15) is 0 Å². The van der Waals surface area contributed by atoms with Crippen LogP contribution in [0.2, 0.25) is 0 Å². The van der Waals surface area contributed by atoms with E-state index in [1.54, 1.807) is 7.11 Å². The topological polar surface area (TPSA) is 43.4 Å². The number of fused-ring (bicyclic) bond motifs is 1. The molecule has 0 aliphatic heterocycles. The van der Waals surface area contributed by atoms with Crippen LogP contribution >= 0.6 is 11.3 Å². The first-order valence-corrected chi connectivity index (χ1v) is 6.55. The molecule has 2 aromatic rings. The van der Waals surface area contributed by atoms with E-state index >= 15 is 0 Å². The van der Waals surface area contributed by atoms with Crippen molar-refractivity contribution in [2.24, 2.45) is 0 Å². The van der Waals surface area contributed by atoms with Crippen LogP contribution in [0.15, 0.2) is 30.3 Å². The van der Waals surface area contributed by atoms with Crippen molar-refractivity contribution < 1.29 is 14.3 Å². The second kappa shape index (κ2) is 5.89. The Morgan fingerprint density at radius 3 is 2.78 bits per heavy atom. The van der Waals surface area contributed by atoms with E-state index in [1.165, 1.54) is 11.3 Å². The van der Waals surface area contributed by atoms with Gasteiger partial charge < -0.3 is 4.74 Å². The Morgan fingerprint density at radius 2 is 2.06 bits per heavy atom. The zero-order valence-corrected chi connectivity index (χ0v) is 11.0. The minimum atomic E-state index is -0.0997. The van der Waals surface area contributed by atoms with Gasteiger partial charge in [0.1, 0.15) is 5.78 Å². The van der Waals surface area contributed by atoms with Gasteiger partial charge in [0.05, 0.1) is 17.9 Å². The summed E-state index contributed by atoms with van der Waals surface area (Å²) in [5.41, 5.74) is 0. The van der Waals surface area contributed by atoms with Gasteiger partial charge in [-0.1, -0.05) is 18.2 Å². The fourth-order valence-corrected chi connectivity index (χ4v) is 2.69. The molecule has 4 heteroatoms. The normalized spacial score (nSPS) is 10.7. The summed E-state index contributed by atoms with van der Waals surface area (Å²) in [6.45, 7) is 0.374. The highest BCUT2D eigenvalue weighted by Crippen LogP contribution is 2.26. The SMILES string of the molecule is COCCC(=O)CC(=O)c1cc2ccccc2s1. The predicted molar refractivity (Wildman–Crippen MR) is 72.3 cm³/mol. The Balaban J connectivity index is 2.06. The van der Waals surface area contributed by atoms with Crippen molar-refractivity contribution in [1.82, 2.24) is 0 Å². The maximum atomic E-state index is 11.9. The molecule has 0 bridgehead atoms. The van der Waals surface area contributed by atoms with E-state index in [0.717, 1.165) is 10.1 Å². The van der Waals surface area contributed by atoms with Gasteiger partial charge in [-0.3, -0.25) is 9.59 Å². The highest BCUT2D eigenvalue weighted by molar-refractivity contribution is 7.20. The maximum Gasteiger partial charge on any atom is 0.180 e. The van der Waals surface area contributed by atoms with Crippen molar-refractivity contribution in [2.75, 3.05) is 13.7 Å². The highest BCUT2D eigenvalue weighted by Gasteiger charge is 2.14. The largest absolute Gasteiger partial charge is 0.384 e. The number of rotatable bonds is 6. The lowest BCUT2D eigenvalue weighted by Crippen LogP contribution is -2.09. The maximum absolute atomic E-state index is 11.9. The Hall–Kier alpha value is -1.52. The van der Waals surface area contributed by atoms with Gasteiger partial charge in [0, 0.05) is 18.2 Å². The smallest absolute Gasteiger partial charge is 0.180 e. The number of ether oxygens (including phenoxy) is 1. The number of carbonyl (C=O) groups is 2. The summed E-state index contributed by atoms with van der Waals surface area (Å²) in [4.78, 5) is 24.1. The summed E-state index contributed by atoms with van der Waals surface area (Å²) in [5, 5.41) is 1.05. The molecule has 0 fully saturated rings. The van der Waals surface area contributed by atoms with Crippen LogP contribution in [-0.2, 0) is 9.53 Å². The summed E-state index contributed by atoms with van der Waals surface area (Å²) < 4.78 is 5.89. The van der Waals surface area contributed by atoms with Crippen molar-refractivity contribution in [2.45, 2.75) is 12.8 Å². The summed E-state index contributed by atoms with van der Waals surface area (Å²) >= 11 is 1.44.